The van der Waals surface area contributed by atoms with Crippen molar-refractivity contribution in [1.29, 1.82) is 0 Å². The Kier molecular flexibility index (Phi) is 10.7. The van der Waals surface area contributed by atoms with Gasteiger partial charge in [-0.15, -0.1) is 0 Å². The van der Waals surface area contributed by atoms with E-state index in [9.17, 15) is 4.79 Å². The van der Waals surface area contributed by atoms with E-state index in [0.717, 1.165) is 38.3 Å². The molecule has 1 saturated heterocycles. The number of thiocarbonyl (C=S) groups is 1. The van der Waals surface area contributed by atoms with Crippen LogP contribution >= 0.6 is 12.2 Å². The van der Waals surface area contributed by atoms with Crippen LogP contribution < -0.4 is 10.1 Å². The van der Waals surface area contributed by atoms with Crippen LogP contribution in [0.25, 0.3) is 0 Å². The molecule has 3 aromatic rings. The first-order valence-electron chi connectivity index (χ1n) is 13.8. The molecule has 0 saturated carbocycles. The number of piperazine rings is 1. The van der Waals surface area contributed by atoms with Crippen LogP contribution in [0.3, 0.4) is 0 Å². The summed E-state index contributed by atoms with van der Waals surface area (Å²) in [6.07, 6.45) is 6.03. The molecule has 200 valence electrons. The molecule has 1 aliphatic heterocycles. The molecule has 6 heteroatoms. The van der Waals surface area contributed by atoms with Crippen LogP contribution in [0.15, 0.2) is 84.9 Å². The van der Waals surface area contributed by atoms with E-state index in [2.05, 4.69) is 82.7 Å². The van der Waals surface area contributed by atoms with Gasteiger partial charge in [0.25, 0.3) is 5.91 Å². The number of amides is 1. The van der Waals surface area contributed by atoms with Gasteiger partial charge in [-0.25, -0.2) is 0 Å². The number of ether oxygens (including phenoxy) is 1. The highest BCUT2D eigenvalue weighted by Crippen LogP contribution is 2.29. The lowest BCUT2D eigenvalue weighted by Gasteiger charge is -2.40. The van der Waals surface area contributed by atoms with Crippen molar-refractivity contribution in [1.82, 2.24) is 15.1 Å². The van der Waals surface area contributed by atoms with Crippen molar-refractivity contribution in [3.63, 3.8) is 0 Å². The van der Waals surface area contributed by atoms with Crippen molar-refractivity contribution in [3.05, 3.63) is 102 Å². The Hall–Kier alpha value is -3.22. The third kappa shape index (κ3) is 7.89. The van der Waals surface area contributed by atoms with E-state index in [1.807, 2.05) is 12.1 Å². The SMILES string of the molecule is CCCCCCCOc1ccc(C(=O)NC(=S)N2CCN(C(c3ccccc3)c3ccccc3)CC2)cc1. The summed E-state index contributed by atoms with van der Waals surface area (Å²) in [4.78, 5) is 17.4. The molecule has 0 aromatic heterocycles. The quantitative estimate of drug-likeness (QED) is 0.228. The maximum atomic E-state index is 12.8. The van der Waals surface area contributed by atoms with Crippen molar-refractivity contribution in [2.45, 2.75) is 45.1 Å². The van der Waals surface area contributed by atoms with Gasteiger partial charge >= 0.3 is 0 Å². The van der Waals surface area contributed by atoms with Crippen molar-refractivity contribution in [3.8, 4) is 5.75 Å². The fraction of sp³-hybridized carbons (Fsp3) is 0.375. The van der Waals surface area contributed by atoms with Gasteiger partial charge in [-0.3, -0.25) is 15.0 Å². The maximum Gasteiger partial charge on any atom is 0.257 e. The number of benzene rings is 3. The van der Waals surface area contributed by atoms with Crippen LogP contribution in [0.1, 0.15) is 66.6 Å². The standard InChI is InChI=1S/C32H39N3O2S/c1-2-3-4-5-12-25-37-29-19-17-28(18-20-29)31(36)33-32(38)35-23-21-34(22-24-35)30(26-13-8-6-9-14-26)27-15-10-7-11-16-27/h6-11,13-20,30H,2-5,12,21-25H2,1H3,(H,33,36,38). The average Bonchev–Trinajstić information content (AvgIpc) is 2.97. The van der Waals surface area contributed by atoms with Crippen LogP contribution in [0.5, 0.6) is 5.75 Å². The average molecular weight is 530 g/mol. The molecule has 0 spiro atoms. The summed E-state index contributed by atoms with van der Waals surface area (Å²) >= 11 is 5.62. The molecule has 0 unspecified atom stereocenters. The van der Waals surface area contributed by atoms with Gasteiger partial charge in [0.05, 0.1) is 12.6 Å². The molecule has 1 amide bonds. The third-order valence-corrected chi connectivity index (χ3v) is 7.41. The minimum atomic E-state index is -0.185. The zero-order chi connectivity index (χ0) is 26.6. The van der Waals surface area contributed by atoms with Gasteiger partial charge in [-0.05, 0) is 54.0 Å². The summed E-state index contributed by atoms with van der Waals surface area (Å²) in [7, 11) is 0. The zero-order valence-electron chi connectivity index (χ0n) is 22.4. The summed E-state index contributed by atoms with van der Waals surface area (Å²) in [6.45, 7) is 6.17. The predicted molar refractivity (Wildman–Crippen MR) is 159 cm³/mol. The number of rotatable bonds is 11. The molecule has 38 heavy (non-hydrogen) atoms. The topological polar surface area (TPSA) is 44.8 Å². The molecule has 3 aromatic carbocycles. The Balaban J connectivity index is 1.27. The van der Waals surface area contributed by atoms with E-state index in [4.69, 9.17) is 17.0 Å². The van der Waals surface area contributed by atoms with Gasteiger partial charge in [0.1, 0.15) is 5.75 Å². The van der Waals surface area contributed by atoms with E-state index < -0.39 is 0 Å². The number of carbonyl (C=O) groups excluding carboxylic acids is 1. The summed E-state index contributed by atoms with van der Waals surface area (Å²) in [6, 6.07) is 28.8. The summed E-state index contributed by atoms with van der Waals surface area (Å²) in [5.41, 5.74) is 3.15. The number of nitrogens with zero attached hydrogens (tertiary/aromatic N) is 2. The van der Waals surface area contributed by atoms with E-state index >= 15 is 0 Å². The molecular weight excluding hydrogens is 490 g/mol. The summed E-state index contributed by atoms with van der Waals surface area (Å²) < 4.78 is 5.82. The normalized spacial score (nSPS) is 13.9. The van der Waals surface area contributed by atoms with Gasteiger partial charge in [-0.2, -0.15) is 0 Å². The number of nitrogens with one attached hydrogen (secondary N) is 1. The van der Waals surface area contributed by atoms with Crippen LogP contribution in [0.4, 0.5) is 0 Å². The first-order valence-corrected chi connectivity index (χ1v) is 14.2. The van der Waals surface area contributed by atoms with E-state index in [0.29, 0.717) is 17.3 Å². The first-order chi connectivity index (χ1) is 18.7. The second-order valence-electron chi connectivity index (χ2n) is 9.79. The lowest BCUT2D eigenvalue weighted by atomic mass is 9.96. The summed E-state index contributed by atoms with van der Waals surface area (Å²) in [5, 5.41) is 3.41. The van der Waals surface area contributed by atoms with Crippen molar-refractivity contribution < 1.29 is 9.53 Å². The molecule has 1 aliphatic rings. The summed E-state index contributed by atoms with van der Waals surface area (Å²) in [5.74, 6) is 0.608. The highest BCUT2D eigenvalue weighted by atomic mass is 32.1. The highest BCUT2D eigenvalue weighted by Gasteiger charge is 2.27. The van der Waals surface area contributed by atoms with Crippen LogP contribution in [0, 0.1) is 0 Å². The second kappa shape index (κ2) is 14.6. The van der Waals surface area contributed by atoms with E-state index in [1.54, 1.807) is 12.1 Å². The molecule has 0 aliphatic carbocycles. The minimum Gasteiger partial charge on any atom is -0.494 e. The fourth-order valence-electron chi connectivity index (χ4n) is 4.91. The zero-order valence-corrected chi connectivity index (χ0v) is 23.2. The van der Waals surface area contributed by atoms with Gasteiger partial charge in [0, 0.05) is 31.7 Å². The van der Waals surface area contributed by atoms with Crippen molar-refractivity contribution in [2.75, 3.05) is 32.8 Å². The van der Waals surface area contributed by atoms with Gasteiger partial charge in [0.2, 0.25) is 0 Å². The van der Waals surface area contributed by atoms with Crippen molar-refractivity contribution >= 4 is 23.2 Å². The molecule has 0 radical (unpaired) electrons. The van der Waals surface area contributed by atoms with Gasteiger partial charge < -0.3 is 9.64 Å². The highest BCUT2D eigenvalue weighted by molar-refractivity contribution is 7.80. The first kappa shape index (κ1) is 27.8. The Labute approximate surface area is 232 Å². The maximum absolute atomic E-state index is 12.8. The monoisotopic (exact) mass is 529 g/mol. The number of hydrogen-bond acceptors (Lipinski definition) is 4. The van der Waals surface area contributed by atoms with E-state index in [1.165, 1.54) is 36.8 Å². The largest absolute Gasteiger partial charge is 0.494 e. The van der Waals surface area contributed by atoms with Crippen LogP contribution in [-0.4, -0.2) is 53.6 Å². The van der Waals surface area contributed by atoms with E-state index in [-0.39, 0.29) is 11.9 Å². The lowest BCUT2D eigenvalue weighted by Crippen LogP contribution is -2.53. The molecule has 1 heterocycles. The molecule has 0 bridgehead atoms. The van der Waals surface area contributed by atoms with Crippen LogP contribution in [0.2, 0.25) is 0 Å². The molecule has 1 N–H and O–H groups in total. The smallest absolute Gasteiger partial charge is 0.257 e. The Morgan fingerprint density at radius 1 is 0.816 bits per heavy atom. The number of unbranched alkanes of at least 4 members (excludes halogenated alkanes) is 4. The number of hydrogen-bond donors (Lipinski definition) is 1. The predicted octanol–water partition coefficient (Wildman–Crippen LogP) is 6.46. The van der Waals surface area contributed by atoms with Gasteiger partial charge in [-0.1, -0.05) is 93.3 Å². The molecule has 4 rings (SSSR count). The molecule has 5 nitrogen and oxygen atoms in total. The Morgan fingerprint density at radius 3 is 1.97 bits per heavy atom. The fourth-order valence-corrected chi connectivity index (χ4v) is 5.19. The molecule has 1 fully saturated rings. The number of carbonyl (C=O) groups is 1. The Morgan fingerprint density at radius 2 is 1.39 bits per heavy atom. The van der Waals surface area contributed by atoms with Crippen LogP contribution in [-0.2, 0) is 0 Å². The third-order valence-electron chi connectivity index (χ3n) is 7.05. The van der Waals surface area contributed by atoms with Crippen molar-refractivity contribution in [2.24, 2.45) is 0 Å². The molecular formula is C32H39N3O2S. The minimum absolute atomic E-state index is 0.185. The molecule has 0 atom stereocenters. The van der Waals surface area contributed by atoms with Gasteiger partial charge in [0.15, 0.2) is 5.11 Å². The Bertz CT molecular complexity index is 1090. The lowest BCUT2D eigenvalue weighted by molar-refractivity contribution is 0.0967. The second-order valence-corrected chi connectivity index (χ2v) is 10.2.